The van der Waals surface area contributed by atoms with Crippen molar-refractivity contribution in [3.63, 3.8) is 0 Å². The van der Waals surface area contributed by atoms with Crippen molar-refractivity contribution < 1.29 is 9.72 Å². The van der Waals surface area contributed by atoms with Crippen LogP contribution >= 0.6 is 0 Å². The molecule has 4 rings (SSSR count). The second-order valence-electron chi connectivity index (χ2n) is 7.20. The van der Waals surface area contributed by atoms with E-state index in [1.165, 1.54) is 12.1 Å². The van der Waals surface area contributed by atoms with E-state index < -0.39 is 4.92 Å². The van der Waals surface area contributed by atoms with Gasteiger partial charge in [0.1, 0.15) is 0 Å². The van der Waals surface area contributed by atoms with Gasteiger partial charge in [-0.3, -0.25) is 19.9 Å². The molecule has 0 bridgehead atoms. The van der Waals surface area contributed by atoms with Gasteiger partial charge in [0.15, 0.2) is 0 Å². The van der Waals surface area contributed by atoms with E-state index in [4.69, 9.17) is 0 Å². The quantitative estimate of drug-likeness (QED) is 0.498. The van der Waals surface area contributed by atoms with Gasteiger partial charge in [-0.05, 0) is 54.8 Å². The lowest BCUT2D eigenvalue weighted by molar-refractivity contribution is -0.384. The fraction of sp³-hybridized carbons (Fsp3) is 0.182. The summed E-state index contributed by atoms with van der Waals surface area (Å²) in [7, 11) is 0. The van der Waals surface area contributed by atoms with E-state index in [0.717, 1.165) is 28.1 Å². The van der Waals surface area contributed by atoms with Crippen molar-refractivity contribution in [2.24, 2.45) is 0 Å². The van der Waals surface area contributed by atoms with Crippen LogP contribution in [0.5, 0.6) is 0 Å². The lowest BCUT2D eigenvalue weighted by Crippen LogP contribution is -2.15. The van der Waals surface area contributed by atoms with E-state index in [1.54, 1.807) is 6.07 Å². The van der Waals surface area contributed by atoms with Crippen LogP contribution in [0.1, 0.15) is 29.4 Å². The summed E-state index contributed by atoms with van der Waals surface area (Å²) in [5, 5.41) is 17.1. The van der Waals surface area contributed by atoms with Crippen LogP contribution < -0.4 is 10.6 Å². The molecular formula is C22H20N4O3. The van der Waals surface area contributed by atoms with Gasteiger partial charge >= 0.3 is 0 Å². The number of rotatable bonds is 3. The molecule has 29 heavy (non-hydrogen) atoms. The van der Waals surface area contributed by atoms with Gasteiger partial charge in [-0.15, -0.1) is 0 Å². The van der Waals surface area contributed by atoms with Crippen molar-refractivity contribution in [3.8, 4) is 11.1 Å². The highest BCUT2D eigenvalue weighted by Gasteiger charge is 2.24. The number of non-ortho nitro benzene ring substituents is 1. The van der Waals surface area contributed by atoms with E-state index in [9.17, 15) is 14.9 Å². The summed E-state index contributed by atoms with van der Waals surface area (Å²) in [6.45, 7) is 3.93. The monoisotopic (exact) mass is 388 g/mol. The van der Waals surface area contributed by atoms with Crippen LogP contribution in [0.4, 0.5) is 17.1 Å². The number of pyridine rings is 1. The molecule has 2 N–H and O–H groups in total. The van der Waals surface area contributed by atoms with E-state index in [0.29, 0.717) is 11.4 Å². The van der Waals surface area contributed by atoms with Crippen LogP contribution in [0.3, 0.4) is 0 Å². The van der Waals surface area contributed by atoms with E-state index >= 15 is 0 Å². The first-order valence-electron chi connectivity index (χ1n) is 9.29. The molecule has 1 atom stereocenters. The molecule has 2 aromatic carbocycles. The number of nitrogens with one attached hydrogen (secondary N) is 2. The number of aromatic nitrogens is 1. The van der Waals surface area contributed by atoms with Gasteiger partial charge in [0, 0.05) is 23.5 Å². The highest BCUT2D eigenvalue weighted by Crippen LogP contribution is 2.35. The number of anilines is 2. The Bertz CT molecular complexity index is 1110. The molecule has 1 amide bonds. The lowest BCUT2D eigenvalue weighted by Gasteiger charge is -2.18. The van der Waals surface area contributed by atoms with E-state index in [-0.39, 0.29) is 24.1 Å². The first-order chi connectivity index (χ1) is 13.9. The summed E-state index contributed by atoms with van der Waals surface area (Å²) in [5.41, 5.74) is 6.01. The number of hydrogen-bond donors (Lipinski definition) is 2. The predicted octanol–water partition coefficient (Wildman–Crippen LogP) is 4.77. The lowest BCUT2D eigenvalue weighted by atomic mass is 9.97. The number of nitro benzene ring substituents is 1. The van der Waals surface area contributed by atoms with Gasteiger partial charge in [0.25, 0.3) is 5.69 Å². The maximum atomic E-state index is 12.4. The second kappa shape index (κ2) is 7.35. The molecule has 7 heteroatoms. The fourth-order valence-electron chi connectivity index (χ4n) is 3.64. The topological polar surface area (TPSA) is 97.2 Å². The van der Waals surface area contributed by atoms with Crippen LogP contribution in [0.25, 0.3) is 11.1 Å². The third-order valence-corrected chi connectivity index (χ3v) is 4.91. The number of carbonyl (C=O) groups excluding carboxylic acids is 1. The zero-order chi connectivity index (χ0) is 20.5. The first kappa shape index (κ1) is 18.6. The van der Waals surface area contributed by atoms with Crippen molar-refractivity contribution in [1.29, 1.82) is 0 Å². The molecule has 1 unspecified atom stereocenters. The largest absolute Gasteiger partial charge is 0.376 e. The van der Waals surface area contributed by atoms with Crippen LogP contribution in [-0.2, 0) is 4.79 Å². The summed E-state index contributed by atoms with van der Waals surface area (Å²) in [5.74, 6) is -0.192. The highest BCUT2D eigenvalue weighted by atomic mass is 16.6. The van der Waals surface area contributed by atoms with Gasteiger partial charge < -0.3 is 10.6 Å². The Morgan fingerprint density at radius 1 is 1.00 bits per heavy atom. The highest BCUT2D eigenvalue weighted by molar-refractivity contribution is 5.97. The number of benzene rings is 2. The first-order valence-corrected chi connectivity index (χ1v) is 9.29. The van der Waals surface area contributed by atoms with Gasteiger partial charge in [0.05, 0.1) is 28.8 Å². The number of amides is 1. The molecular weight excluding hydrogens is 368 g/mol. The smallest absolute Gasteiger partial charge is 0.271 e. The number of carbonyl (C=O) groups is 1. The van der Waals surface area contributed by atoms with Crippen molar-refractivity contribution in [3.05, 3.63) is 81.7 Å². The minimum Gasteiger partial charge on any atom is -0.376 e. The SMILES string of the molecule is Cc1cc(-c2cccc(C3CC(=O)Nc4cc([N+](=O)[O-])ccc4N3)c2)cc(C)n1. The molecule has 146 valence electrons. The fourth-order valence-corrected chi connectivity index (χ4v) is 3.64. The Morgan fingerprint density at radius 2 is 1.76 bits per heavy atom. The molecule has 0 aliphatic carbocycles. The van der Waals surface area contributed by atoms with Gasteiger partial charge in [-0.1, -0.05) is 18.2 Å². The van der Waals surface area contributed by atoms with Gasteiger partial charge in [-0.25, -0.2) is 0 Å². The van der Waals surface area contributed by atoms with E-state index in [1.807, 2.05) is 44.2 Å². The molecule has 0 saturated heterocycles. The van der Waals surface area contributed by atoms with Crippen LogP contribution in [0.2, 0.25) is 0 Å². The normalized spacial score (nSPS) is 15.7. The molecule has 7 nitrogen and oxygen atoms in total. The molecule has 1 aliphatic rings. The maximum absolute atomic E-state index is 12.4. The average molecular weight is 388 g/mol. The van der Waals surface area contributed by atoms with Crippen LogP contribution in [0.15, 0.2) is 54.6 Å². The third-order valence-electron chi connectivity index (χ3n) is 4.91. The molecule has 1 aliphatic heterocycles. The van der Waals surface area contributed by atoms with Crippen molar-refractivity contribution in [2.75, 3.05) is 10.6 Å². The number of aryl methyl sites for hydroxylation is 2. The molecule has 1 aromatic heterocycles. The molecule has 3 aromatic rings. The van der Waals surface area contributed by atoms with Crippen molar-refractivity contribution >= 4 is 23.0 Å². The molecule has 0 fully saturated rings. The minimum atomic E-state index is -0.475. The number of nitrogens with zero attached hydrogens (tertiary/aromatic N) is 2. The Kier molecular flexibility index (Phi) is 4.72. The third kappa shape index (κ3) is 3.94. The van der Waals surface area contributed by atoms with Crippen molar-refractivity contribution in [2.45, 2.75) is 26.3 Å². The number of hydrogen-bond acceptors (Lipinski definition) is 5. The predicted molar refractivity (Wildman–Crippen MR) is 112 cm³/mol. The molecule has 0 radical (unpaired) electrons. The summed E-state index contributed by atoms with van der Waals surface area (Å²) in [6, 6.07) is 16.3. The molecule has 0 spiro atoms. The van der Waals surface area contributed by atoms with Crippen molar-refractivity contribution in [1.82, 2.24) is 4.98 Å². The zero-order valence-electron chi connectivity index (χ0n) is 16.1. The summed E-state index contributed by atoms with van der Waals surface area (Å²) in [6.07, 6.45) is 0.223. The summed E-state index contributed by atoms with van der Waals surface area (Å²) >= 11 is 0. The zero-order valence-corrected chi connectivity index (χ0v) is 16.1. The Labute approximate surface area is 167 Å². The number of nitro groups is 1. The molecule has 2 heterocycles. The standard InChI is InChI=1S/C22H20N4O3/c1-13-8-17(9-14(2)23-13)15-4-3-5-16(10-15)20-12-22(27)25-21-11-18(26(28)29)6-7-19(21)24-20/h3-11,20,24H,12H2,1-2H3,(H,25,27). The maximum Gasteiger partial charge on any atom is 0.271 e. The van der Waals surface area contributed by atoms with E-state index in [2.05, 4.69) is 21.7 Å². The van der Waals surface area contributed by atoms with Crippen LogP contribution in [-0.4, -0.2) is 15.8 Å². The Morgan fingerprint density at radius 3 is 2.48 bits per heavy atom. The Balaban J connectivity index is 1.69. The van der Waals surface area contributed by atoms with Gasteiger partial charge in [0.2, 0.25) is 5.91 Å². The average Bonchev–Trinajstić information content (AvgIpc) is 2.84. The van der Waals surface area contributed by atoms with Crippen LogP contribution in [0, 0.1) is 24.0 Å². The molecule has 0 saturated carbocycles. The summed E-state index contributed by atoms with van der Waals surface area (Å²) < 4.78 is 0. The second-order valence-corrected chi connectivity index (χ2v) is 7.20. The summed E-state index contributed by atoms with van der Waals surface area (Å²) in [4.78, 5) is 27.4. The number of fused-ring (bicyclic) bond motifs is 1. The minimum absolute atomic E-state index is 0.0604. The van der Waals surface area contributed by atoms with Gasteiger partial charge in [-0.2, -0.15) is 0 Å². The Hall–Kier alpha value is -3.74.